The maximum absolute atomic E-state index is 14.5. The number of imidazole rings is 1. The molecular weight excluding hydrogens is 340 g/mol. The van der Waals surface area contributed by atoms with Crippen molar-refractivity contribution < 1.29 is 18.7 Å². The van der Waals surface area contributed by atoms with Gasteiger partial charge >= 0.3 is 0 Å². The first-order valence-electron chi connectivity index (χ1n) is 9.10. The molecule has 2 aromatic rings. The molecule has 2 N–H and O–H groups in total. The highest BCUT2D eigenvalue weighted by Gasteiger charge is 2.42. The topological polar surface area (TPSA) is 67.2 Å². The molecule has 26 heavy (non-hydrogen) atoms. The van der Waals surface area contributed by atoms with Crippen LogP contribution in [0.5, 0.6) is 0 Å². The summed E-state index contributed by atoms with van der Waals surface area (Å²) in [5.41, 5.74) is -1.08. The first-order valence-corrected chi connectivity index (χ1v) is 9.10. The summed E-state index contributed by atoms with van der Waals surface area (Å²) in [4.78, 5) is 16.8. The number of anilines is 1. The van der Waals surface area contributed by atoms with Crippen LogP contribution in [0.3, 0.4) is 0 Å². The van der Waals surface area contributed by atoms with Gasteiger partial charge in [-0.05, 0) is 64.0 Å². The van der Waals surface area contributed by atoms with E-state index in [1.165, 1.54) is 6.07 Å². The van der Waals surface area contributed by atoms with Crippen LogP contribution < -0.4 is 5.32 Å². The molecule has 1 aromatic heterocycles. The first-order chi connectivity index (χ1) is 12.2. The predicted octanol–water partition coefficient (Wildman–Crippen LogP) is 3.70. The highest BCUT2D eigenvalue weighted by molar-refractivity contribution is 5.92. The van der Waals surface area contributed by atoms with E-state index < -0.39 is 22.8 Å². The lowest BCUT2D eigenvalue weighted by Crippen LogP contribution is -2.39. The standard InChI is InChI=1S/C19H23F2N3O2/c1-18(8-3-9-18)24-16-13(7-6-12(20)15(16)21)22-17(24)23-14(25)10-19(2,26)11-4-5-11/h6-7,11,26H,3-5,8-10H2,1-2H3,(H,22,23,25). The van der Waals surface area contributed by atoms with E-state index in [4.69, 9.17) is 0 Å². The third-order valence-corrected chi connectivity index (χ3v) is 5.91. The van der Waals surface area contributed by atoms with Crippen LogP contribution in [-0.2, 0) is 10.3 Å². The number of amides is 1. The van der Waals surface area contributed by atoms with Crippen LogP contribution in [0.1, 0.15) is 52.4 Å². The number of hydrogen-bond donors (Lipinski definition) is 2. The molecule has 2 aliphatic carbocycles. The quantitative estimate of drug-likeness (QED) is 0.851. The largest absolute Gasteiger partial charge is 0.389 e. The zero-order valence-electron chi connectivity index (χ0n) is 15.0. The van der Waals surface area contributed by atoms with Crippen LogP contribution in [0.4, 0.5) is 14.7 Å². The molecule has 5 nitrogen and oxygen atoms in total. The first kappa shape index (κ1) is 17.4. The fraction of sp³-hybridized carbons (Fsp3) is 0.579. The van der Waals surface area contributed by atoms with E-state index in [2.05, 4.69) is 10.3 Å². The Morgan fingerprint density at radius 3 is 2.69 bits per heavy atom. The molecule has 2 saturated carbocycles. The second-order valence-electron chi connectivity index (χ2n) is 8.21. The molecule has 0 bridgehead atoms. The summed E-state index contributed by atoms with van der Waals surface area (Å²) in [6.07, 6.45) is 4.38. The van der Waals surface area contributed by atoms with Crippen LogP contribution >= 0.6 is 0 Å². The van der Waals surface area contributed by atoms with E-state index >= 15 is 0 Å². The molecule has 140 valence electrons. The number of aliphatic hydroxyl groups is 1. The Morgan fingerprint density at radius 2 is 2.12 bits per heavy atom. The van der Waals surface area contributed by atoms with Crippen molar-refractivity contribution in [2.75, 3.05) is 5.32 Å². The molecule has 4 rings (SSSR count). The van der Waals surface area contributed by atoms with E-state index in [0.717, 1.165) is 38.2 Å². The van der Waals surface area contributed by atoms with Crippen LogP contribution in [0.15, 0.2) is 12.1 Å². The smallest absolute Gasteiger partial charge is 0.229 e. The third kappa shape index (κ3) is 2.78. The lowest BCUT2D eigenvalue weighted by molar-refractivity contribution is -0.121. The number of benzene rings is 1. The number of nitrogens with zero attached hydrogens (tertiary/aromatic N) is 2. The molecular formula is C19H23F2N3O2. The molecule has 0 saturated heterocycles. The zero-order valence-corrected chi connectivity index (χ0v) is 15.0. The minimum Gasteiger partial charge on any atom is -0.389 e. The van der Waals surface area contributed by atoms with E-state index in [1.807, 2.05) is 6.92 Å². The Labute approximate surface area is 150 Å². The number of carbonyl (C=O) groups excluding carboxylic acids is 1. The van der Waals surface area contributed by atoms with Gasteiger partial charge in [-0.3, -0.25) is 10.1 Å². The van der Waals surface area contributed by atoms with Crippen molar-refractivity contribution in [3.8, 4) is 0 Å². The van der Waals surface area contributed by atoms with Crippen molar-refractivity contribution in [2.24, 2.45) is 5.92 Å². The number of aromatic nitrogens is 2. The summed E-state index contributed by atoms with van der Waals surface area (Å²) < 4.78 is 29.9. The van der Waals surface area contributed by atoms with Gasteiger partial charge in [-0.1, -0.05) is 0 Å². The normalized spacial score (nSPS) is 21.3. The molecule has 1 aromatic carbocycles. The summed E-state index contributed by atoms with van der Waals surface area (Å²) in [5, 5.41) is 13.1. The van der Waals surface area contributed by atoms with Gasteiger partial charge in [-0.15, -0.1) is 0 Å². The lowest BCUT2D eigenvalue weighted by Gasteiger charge is -2.41. The summed E-state index contributed by atoms with van der Waals surface area (Å²) in [6, 6.07) is 2.46. The van der Waals surface area contributed by atoms with Crippen LogP contribution in [0.25, 0.3) is 11.0 Å². The molecule has 1 unspecified atom stereocenters. The second kappa shape index (κ2) is 5.74. The fourth-order valence-electron chi connectivity index (χ4n) is 3.97. The van der Waals surface area contributed by atoms with E-state index in [-0.39, 0.29) is 29.7 Å². The molecule has 2 fully saturated rings. The summed E-state index contributed by atoms with van der Waals surface area (Å²) in [5.74, 6) is -1.90. The molecule has 7 heteroatoms. The van der Waals surface area contributed by atoms with Crippen LogP contribution in [0, 0.1) is 17.6 Å². The van der Waals surface area contributed by atoms with Crippen LogP contribution in [-0.4, -0.2) is 26.2 Å². The van der Waals surface area contributed by atoms with Gasteiger partial charge in [-0.25, -0.2) is 13.8 Å². The van der Waals surface area contributed by atoms with Gasteiger partial charge in [0.15, 0.2) is 11.6 Å². The monoisotopic (exact) mass is 363 g/mol. The Balaban J connectivity index is 1.71. The molecule has 2 aliphatic rings. The van der Waals surface area contributed by atoms with Crippen molar-refractivity contribution in [3.05, 3.63) is 23.8 Å². The van der Waals surface area contributed by atoms with E-state index in [0.29, 0.717) is 5.52 Å². The minimum absolute atomic E-state index is 0.0472. The Hall–Kier alpha value is -2.02. The maximum Gasteiger partial charge on any atom is 0.229 e. The average molecular weight is 363 g/mol. The predicted molar refractivity (Wildman–Crippen MR) is 93.7 cm³/mol. The molecule has 0 radical (unpaired) electrons. The van der Waals surface area contributed by atoms with Gasteiger partial charge in [0.25, 0.3) is 0 Å². The van der Waals surface area contributed by atoms with Crippen molar-refractivity contribution in [3.63, 3.8) is 0 Å². The second-order valence-corrected chi connectivity index (χ2v) is 8.21. The SMILES string of the molecule is CC(O)(CC(=O)Nc1nc2ccc(F)c(F)c2n1C1(C)CCC1)C1CC1. The van der Waals surface area contributed by atoms with Gasteiger partial charge in [0.1, 0.15) is 5.52 Å². The minimum atomic E-state index is -1.06. The average Bonchev–Trinajstić information content (AvgIpc) is 3.32. The van der Waals surface area contributed by atoms with Gasteiger partial charge in [0.05, 0.1) is 17.5 Å². The number of hydrogen-bond acceptors (Lipinski definition) is 3. The summed E-state index contributed by atoms with van der Waals surface area (Å²) >= 11 is 0. The van der Waals surface area contributed by atoms with Crippen molar-refractivity contribution in [1.29, 1.82) is 0 Å². The molecule has 0 spiro atoms. The number of nitrogens with one attached hydrogen (secondary N) is 1. The highest BCUT2D eigenvalue weighted by atomic mass is 19.2. The maximum atomic E-state index is 14.5. The Bertz CT molecular complexity index is 883. The summed E-state index contributed by atoms with van der Waals surface area (Å²) in [7, 11) is 0. The van der Waals surface area contributed by atoms with Gasteiger partial charge in [0, 0.05) is 5.54 Å². The number of rotatable bonds is 5. The lowest BCUT2D eigenvalue weighted by atomic mass is 9.78. The van der Waals surface area contributed by atoms with Crippen LogP contribution in [0.2, 0.25) is 0 Å². The molecule has 1 amide bonds. The number of carbonyl (C=O) groups is 1. The zero-order chi connectivity index (χ0) is 18.7. The number of fused-ring (bicyclic) bond motifs is 1. The Kier molecular flexibility index (Phi) is 3.84. The fourth-order valence-corrected chi connectivity index (χ4v) is 3.97. The van der Waals surface area contributed by atoms with Gasteiger partial charge < -0.3 is 9.67 Å². The highest BCUT2D eigenvalue weighted by Crippen LogP contribution is 2.44. The molecule has 0 aliphatic heterocycles. The van der Waals surface area contributed by atoms with Crippen molar-refractivity contribution >= 4 is 22.9 Å². The molecule has 1 atom stereocenters. The number of halogens is 2. The van der Waals surface area contributed by atoms with Crippen molar-refractivity contribution in [2.45, 2.75) is 63.5 Å². The van der Waals surface area contributed by atoms with E-state index in [9.17, 15) is 18.7 Å². The van der Waals surface area contributed by atoms with Gasteiger partial charge in [0.2, 0.25) is 11.9 Å². The Morgan fingerprint density at radius 1 is 1.42 bits per heavy atom. The molecule has 1 heterocycles. The third-order valence-electron chi connectivity index (χ3n) is 5.91. The van der Waals surface area contributed by atoms with E-state index in [1.54, 1.807) is 11.5 Å². The van der Waals surface area contributed by atoms with Gasteiger partial charge in [-0.2, -0.15) is 0 Å². The van der Waals surface area contributed by atoms with Crippen molar-refractivity contribution in [1.82, 2.24) is 9.55 Å². The summed E-state index contributed by atoms with van der Waals surface area (Å²) in [6.45, 7) is 3.62.